The van der Waals surface area contributed by atoms with Gasteiger partial charge in [0, 0.05) is 12.8 Å². The zero-order chi connectivity index (χ0) is 24.6. The molecule has 2 aromatic rings. The third-order valence-electron chi connectivity index (χ3n) is 6.42. The topological polar surface area (TPSA) is 149 Å². The van der Waals surface area contributed by atoms with Crippen molar-refractivity contribution >= 4 is 0 Å². The van der Waals surface area contributed by atoms with Gasteiger partial charge in [0.05, 0.1) is 53.2 Å². The number of aromatic hydroxyl groups is 1. The highest BCUT2D eigenvalue weighted by Crippen LogP contribution is 2.53. The van der Waals surface area contributed by atoms with Gasteiger partial charge in [0.1, 0.15) is 12.6 Å². The van der Waals surface area contributed by atoms with Gasteiger partial charge in [-0.1, -0.05) is 6.07 Å². The molecule has 0 unspecified atom stereocenters. The summed E-state index contributed by atoms with van der Waals surface area (Å²) in [6.07, 6.45) is 1.69. The highest BCUT2D eigenvalue weighted by molar-refractivity contribution is 5.60. The fraction of sp³-hybridized carbons (Fsp3) is 0.455. The Bertz CT molecular complexity index is 1020. The number of hydrogen-bond donors (Lipinski definition) is 1. The van der Waals surface area contributed by atoms with E-state index in [1.165, 1.54) is 11.1 Å². The summed E-state index contributed by atoms with van der Waals surface area (Å²) in [5, 5.41) is 11.1. The second kappa shape index (κ2) is 9.41. The van der Waals surface area contributed by atoms with E-state index in [0.29, 0.717) is 11.5 Å². The number of nitrogens with zero attached hydrogens (tertiary/aromatic N) is 1. The summed E-state index contributed by atoms with van der Waals surface area (Å²) in [6, 6.07) is 6.24. The summed E-state index contributed by atoms with van der Waals surface area (Å²) in [7, 11) is 3.84. The van der Waals surface area contributed by atoms with E-state index < -0.39 is 10.2 Å². The zero-order valence-corrected chi connectivity index (χ0v) is 19.9. The van der Waals surface area contributed by atoms with Gasteiger partial charge in [0.25, 0.3) is 0 Å². The average molecular weight is 486 g/mol. The number of rotatable bonds is 4. The van der Waals surface area contributed by atoms with Crippen molar-refractivity contribution in [2.75, 3.05) is 42.0 Å². The summed E-state index contributed by atoms with van der Waals surface area (Å²) < 4.78 is 56.9. The second-order valence-corrected chi connectivity index (χ2v) is 8.94. The normalized spacial score (nSPS) is 20.9. The Balaban J connectivity index is 0.000000555. The van der Waals surface area contributed by atoms with Gasteiger partial charge in [-0.15, -0.1) is 10.2 Å². The van der Waals surface area contributed by atoms with Gasteiger partial charge in [-0.2, -0.15) is 0 Å². The minimum absolute atomic E-state index is 0.147. The first-order valence-corrected chi connectivity index (χ1v) is 11.4. The fourth-order valence-corrected chi connectivity index (χ4v) is 4.94. The Morgan fingerprint density at radius 2 is 1.52 bits per heavy atom. The van der Waals surface area contributed by atoms with E-state index in [0.717, 1.165) is 53.0 Å². The number of quaternary nitrogens is 1. The van der Waals surface area contributed by atoms with E-state index in [9.17, 15) is 5.11 Å². The van der Waals surface area contributed by atoms with Crippen LogP contribution in [-0.4, -0.2) is 51.6 Å². The van der Waals surface area contributed by atoms with Crippen molar-refractivity contribution < 1.29 is 57.4 Å². The van der Waals surface area contributed by atoms with Crippen molar-refractivity contribution in [1.29, 1.82) is 0 Å². The summed E-state index contributed by atoms with van der Waals surface area (Å²) in [5.74, 6) is 2.78. The number of phenols is 1. The number of ether oxygens (including phenoxy) is 4. The standard InChI is InChI=1S/C22H27NO5.ClHO4/c1-23-9-8-14-11-18(26-3)22(28-5)20(24)19(14)16(23)10-13-6-7-17(25-2)21(27-4)15(13)12-23;2-1(3,4)5/h6-7,11,16H,8-10,12H2,1-5H3;(H,2,3,4,5)/t16-,23-;/m0./s1. The molecule has 10 nitrogen and oxygen atoms in total. The Hall–Kier alpha value is -2.47. The number of benzene rings is 2. The molecule has 2 atom stereocenters. The SMILES string of the molecule is COc1cc2c(c(O)c1OC)[C@@H]1Cc3ccc(OC)c(OC)c3C[N@+]1(C)CC2.[O-][Cl+3]([O-])([O-])[O-]. The first kappa shape index (κ1) is 25.2. The molecule has 2 aliphatic heterocycles. The number of methoxy groups -OCH3 is 4. The number of halogens is 1. The Morgan fingerprint density at radius 1 is 0.909 bits per heavy atom. The van der Waals surface area contributed by atoms with Gasteiger partial charge in [-0.3, -0.25) is 0 Å². The molecular weight excluding hydrogens is 458 g/mol. The van der Waals surface area contributed by atoms with Gasteiger partial charge < -0.3 is 28.5 Å². The molecule has 33 heavy (non-hydrogen) atoms. The first-order valence-electron chi connectivity index (χ1n) is 10.1. The summed E-state index contributed by atoms with van der Waals surface area (Å²) in [6.45, 7) is 1.81. The van der Waals surface area contributed by atoms with Crippen LogP contribution in [0.1, 0.15) is 28.3 Å². The van der Waals surface area contributed by atoms with Gasteiger partial charge in [-0.05, 0) is 23.3 Å². The lowest BCUT2D eigenvalue weighted by Crippen LogP contribution is -2.68. The maximum absolute atomic E-state index is 11.1. The van der Waals surface area contributed by atoms with Crippen molar-refractivity contribution in [2.24, 2.45) is 0 Å². The molecule has 182 valence electrons. The number of fused-ring (bicyclic) bond motifs is 4. The molecule has 2 aliphatic rings. The highest BCUT2D eigenvalue weighted by Gasteiger charge is 2.46. The third-order valence-corrected chi connectivity index (χ3v) is 6.42. The van der Waals surface area contributed by atoms with Gasteiger partial charge in [0.15, 0.2) is 23.0 Å². The molecule has 0 spiro atoms. The minimum Gasteiger partial charge on any atom is -0.504 e. The van der Waals surface area contributed by atoms with Crippen molar-refractivity contribution in [3.63, 3.8) is 0 Å². The van der Waals surface area contributed by atoms with Crippen LogP contribution in [-0.2, 0) is 19.4 Å². The van der Waals surface area contributed by atoms with Crippen LogP contribution in [0.5, 0.6) is 28.7 Å². The van der Waals surface area contributed by atoms with E-state index in [4.69, 9.17) is 37.6 Å². The largest absolute Gasteiger partial charge is 0.504 e. The van der Waals surface area contributed by atoms with Crippen LogP contribution in [0.25, 0.3) is 0 Å². The molecule has 0 amide bonds. The lowest BCUT2D eigenvalue weighted by atomic mass is 9.81. The number of hydrogen-bond acceptors (Lipinski definition) is 9. The van der Waals surface area contributed by atoms with Crippen LogP contribution in [0.2, 0.25) is 0 Å². The van der Waals surface area contributed by atoms with E-state index >= 15 is 0 Å². The predicted molar refractivity (Wildman–Crippen MR) is 106 cm³/mol. The molecule has 0 bridgehead atoms. The van der Waals surface area contributed by atoms with Gasteiger partial charge in [0.2, 0.25) is 5.75 Å². The summed E-state index contributed by atoms with van der Waals surface area (Å²) in [5.41, 5.74) is 4.55. The highest BCUT2D eigenvalue weighted by atomic mass is 35.7. The van der Waals surface area contributed by atoms with Crippen LogP contribution in [0, 0.1) is 10.2 Å². The van der Waals surface area contributed by atoms with Crippen LogP contribution < -0.4 is 37.6 Å². The van der Waals surface area contributed by atoms with Crippen LogP contribution >= 0.6 is 0 Å². The Kier molecular flexibility index (Phi) is 7.18. The van der Waals surface area contributed by atoms with E-state index in [2.05, 4.69) is 13.1 Å². The molecule has 0 fully saturated rings. The number of phenolic OH excluding ortho intramolecular Hbond substituents is 1. The van der Waals surface area contributed by atoms with Gasteiger partial charge >= 0.3 is 0 Å². The quantitative estimate of drug-likeness (QED) is 0.509. The molecule has 11 heteroatoms. The monoisotopic (exact) mass is 485 g/mol. The van der Waals surface area contributed by atoms with Crippen LogP contribution in [0.4, 0.5) is 0 Å². The molecular formula is C22H28ClNO9. The molecule has 4 rings (SSSR count). The maximum Gasteiger partial charge on any atom is 0.203 e. The summed E-state index contributed by atoms with van der Waals surface area (Å²) in [4.78, 5) is 0. The minimum atomic E-state index is -4.94. The van der Waals surface area contributed by atoms with Crippen molar-refractivity contribution in [2.45, 2.75) is 25.4 Å². The van der Waals surface area contributed by atoms with Crippen molar-refractivity contribution in [3.8, 4) is 28.7 Å². The third kappa shape index (κ3) is 4.91. The van der Waals surface area contributed by atoms with E-state index in [-0.39, 0.29) is 11.8 Å². The Morgan fingerprint density at radius 3 is 2.06 bits per heavy atom. The molecule has 0 saturated heterocycles. The van der Waals surface area contributed by atoms with Crippen molar-refractivity contribution in [3.05, 3.63) is 40.5 Å². The molecule has 2 aromatic carbocycles. The molecule has 0 saturated carbocycles. The molecule has 2 heterocycles. The van der Waals surface area contributed by atoms with E-state index in [1.54, 1.807) is 28.4 Å². The number of likely N-dealkylation sites (N-methyl/N-ethyl adjacent to an activating group) is 1. The first-order chi connectivity index (χ1) is 15.5. The second-order valence-electron chi connectivity index (χ2n) is 8.18. The van der Waals surface area contributed by atoms with Gasteiger partial charge in [-0.25, -0.2) is 18.6 Å². The Labute approximate surface area is 194 Å². The fourth-order valence-electron chi connectivity index (χ4n) is 4.94. The van der Waals surface area contributed by atoms with E-state index in [1.807, 2.05) is 12.1 Å². The lowest BCUT2D eigenvalue weighted by Gasteiger charge is -2.49. The molecule has 0 aromatic heterocycles. The molecule has 0 radical (unpaired) electrons. The summed E-state index contributed by atoms with van der Waals surface area (Å²) >= 11 is 0. The zero-order valence-electron chi connectivity index (χ0n) is 19.2. The average Bonchev–Trinajstić information content (AvgIpc) is 2.75. The van der Waals surface area contributed by atoms with Crippen LogP contribution in [0.15, 0.2) is 18.2 Å². The maximum atomic E-state index is 11.1. The molecule has 1 N–H and O–H groups in total. The smallest absolute Gasteiger partial charge is 0.203 e. The molecule has 0 aliphatic carbocycles. The predicted octanol–water partition coefficient (Wildman–Crippen LogP) is -1.53. The van der Waals surface area contributed by atoms with Crippen LogP contribution in [0.3, 0.4) is 0 Å². The van der Waals surface area contributed by atoms with Crippen molar-refractivity contribution in [1.82, 2.24) is 0 Å². The lowest BCUT2D eigenvalue weighted by molar-refractivity contribution is -2.00.